The van der Waals surface area contributed by atoms with E-state index in [9.17, 15) is 4.79 Å². The molecule has 0 aromatic heterocycles. The highest BCUT2D eigenvalue weighted by atomic mass is 16.5. The average Bonchev–Trinajstić information content (AvgIpc) is 3.00. The van der Waals surface area contributed by atoms with E-state index in [4.69, 9.17) is 10.5 Å². The van der Waals surface area contributed by atoms with E-state index >= 15 is 0 Å². The van der Waals surface area contributed by atoms with Gasteiger partial charge in [0.2, 0.25) is 5.91 Å². The summed E-state index contributed by atoms with van der Waals surface area (Å²) < 4.78 is 5.99. The number of likely N-dealkylation sites (tertiary alicyclic amines) is 2. The second-order valence-corrected chi connectivity index (χ2v) is 7.18. The summed E-state index contributed by atoms with van der Waals surface area (Å²) in [4.78, 5) is 16.7. The van der Waals surface area contributed by atoms with Crippen molar-refractivity contribution in [2.75, 3.05) is 39.3 Å². The molecule has 5 nitrogen and oxygen atoms in total. The van der Waals surface area contributed by atoms with Crippen molar-refractivity contribution in [3.63, 3.8) is 0 Å². The number of nitrogens with two attached hydrogens (primary N) is 1. The van der Waals surface area contributed by atoms with Gasteiger partial charge in [-0.3, -0.25) is 4.79 Å². The molecular formula is C17H33N3O2. The predicted octanol–water partition coefficient (Wildman–Crippen LogP) is 1.46. The minimum atomic E-state index is -0.340. The van der Waals surface area contributed by atoms with Gasteiger partial charge in [-0.05, 0) is 51.1 Å². The third-order valence-electron chi connectivity index (χ3n) is 4.76. The molecule has 2 aliphatic rings. The van der Waals surface area contributed by atoms with E-state index in [1.54, 1.807) is 0 Å². The first-order valence-corrected chi connectivity index (χ1v) is 8.94. The van der Waals surface area contributed by atoms with E-state index in [2.05, 4.69) is 18.7 Å². The third-order valence-corrected chi connectivity index (χ3v) is 4.76. The van der Waals surface area contributed by atoms with Crippen molar-refractivity contribution in [3.8, 4) is 0 Å². The highest BCUT2D eigenvalue weighted by Crippen LogP contribution is 2.16. The molecule has 0 aromatic carbocycles. The Bertz CT molecular complexity index is 335. The van der Waals surface area contributed by atoms with Crippen molar-refractivity contribution >= 4 is 5.91 Å². The first-order chi connectivity index (χ1) is 10.6. The lowest BCUT2D eigenvalue weighted by Crippen LogP contribution is -2.48. The zero-order valence-electron chi connectivity index (χ0n) is 14.3. The van der Waals surface area contributed by atoms with Crippen molar-refractivity contribution in [3.05, 3.63) is 0 Å². The Labute approximate surface area is 135 Å². The van der Waals surface area contributed by atoms with E-state index < -0.39 is 0 Å². The van der Waals surface area contributed by atoms with Crippen LogP contribution >= 0.6 is 0 Å². The van der Waals surface area contributed by atoms with Crippen molar-refractivity contribution < 1.29 is 9.53 Å². The lowest BCUT2D eigenvalue weighted by Gasteiger charge is -2.34. The monoisotopic (exact) mass is 311 g/mol. The zero-order valence-corrected chi connectivity index (χ0v) is 14.3. The van der Waals surface area contributed by atoms with Crippen LogP contribution in [-0.2, 0) is 9.53 Å². The van der Waals surface area contributed by atoms with Crippen molar-refractivity contribution in [1.29, 1.82) is 0 Å². The van der Waals surface area contributed by atoms with Crippen LogP contribution in [0.3, 0.4) is 0 Å². The standard InChI is InChI=1S/C17H33N3O2/c1-14(2)13-16(18)17(21)20-9-5-15(6-10-20)22-12-11-19-7-3-4-8-19/h14-16H,3-13,18H2,1-2H3/t16-/m0/s1. The number of nitrogens with zero attached hydrogens (tertiary/aromatic N) is 2. The lowest BCUT2D eigenvalue weighted by molar-refractivity contribution is -0.135. The van der Waals surface area contributed by atoms with Crippen molar-refractivity contribution in [1.82, 2.24) is 9.80 Å². The smallest absolute Gasteiger partial charge is 0.239 e. The Morgan fingerprint density at radius 3 is 2.41 bits per heavy atom. The minimum Gasteiger partial charge on any atom is -0.377 e. The van der Waals surface area contributed by atoms with Gasteiger partial charge in [0.1, 0.15) is 0 Å². The molecule has 2 heterocycles. The fraction of sp³-hybridized carbons (Fsp3) is 0.941. The van der Waals surface area contributed by atoms with Crippen LogP contribution in [0.2, 0.25) is 0 Å². The summed E-state index contributed by atoms with van der Waals surface area (Å²) in [7, 11) is 0. The van der Waals surface area contributed by atoms with E-state index in [-0.39, 0.29) is 11.9 Å². The Balaban J connectivity index is 1.61. The van der Waals surface area contributed by atoms with Crippen LogP contribution in [0, 0.1) is 5.92 Å². The molecule has 22 heavy (non-hydrogen) atoms. The number of rotatable bonds is 7. The number of hydrogen-bond donors (Lipinski definition) is 1. The molecule has 0 saturated carbocycles. The molecule has 0 aliphatic carbocycles. The molecule has 2 aliphatic heterocycles. The summed E-state index contributed by atoms with van der Waals surface area (Å²) in [6.07, 6.45) is 5.63. The molecule has 2 fully saturated rings. The summed E-state index contributed by atoms with van der Waals surface area (Å²) in [5.74, 6) is 0.578. The molecule has 0 unspecified atom stereocenters. The predicted molar refractivity (Wildman–Crippen MR) is 88.7 cm³/mol. The van der Waals surface area contributed by atoms with Crippen LogP contribution in [0.25, 0.3) is 0 Å². The van der Waals surface area contributed by atoms with Gasteiger partial charge in [-0.2, -0.15) is 0 Å². The third kappa shape index (κ3) is 5.52. The number of piperidine rings is 1. The Morgan fingerprint density at radius 2 is 1.82 bits per heavy atom. The van der Waals surface area contributed by atoms with Crippen molar-refractivity contribution in [2.45, 2.75) is 58.1 Å². The first-order valence-electron chi connectivity index (χ1n) is 8.94. The van der Waals surface area contributed by atoms with Gasteiger partial charge in [0.05, 0.1) is 18.8 Å². The van der Waals surface area contributed by atoms with Gasteiger partial charge in [-0.15, -0.1) is 0 Å². The van der Waals surface area contributed by atoms with Gasteiger partial charge in [-0.25, -0.2) is 0 Å². The zero-order chi connectivity index (χ0) is 15.9. The average molecular weight is 311 g/mol. The van der Waals surface area contributed by atoms with E-state index in [1.807, 2.05) is 4.90 Å². The Kier molecular flexibility index (Phi) is 7.12. The Morgan fingerprint density at radius 1 is 1.18 bits per heavy atom. The minimum absolute atomic E-state index is 0.115. The molecule has 1 atom stereocenters. The van der Waals surface area contributed by atoms with Gasteiger partial charge in [0.15, 0.2) is 0 Å². The highest BCUT2D eigenvalue weighted by Gasteiger charge is 2.27. The molecule has 128 valence electrons. The number of hydrogen-bond acceptors (Lipinski definition) is 4. The molecule has 2 saturated heterocycles. The quantitative estimate of drug-likeness (QED) is 0.773. The molecule has 0 spiro atoms. The van der Waals surface area contributed by atoms with Crippen LogP contribution < -0.4 is 5.73 Å². The molecule has 0 aromatic rings. The summed E-state index contributed by atoms with van der Waals surface area (Å²) in [5, 5.41) is 0. The van der Waals surface area contributed by atoms with E-state index in [1.165, 1.54) is 25.9 Å². The second kappa shape index (κ2) is 8.85. The molecule has 1 amide bonds. The normalized spacial score (nSPS) is 22.5. The maximum absolute atomic E-state index is 12.3. The van der Waals surface area contributed by atoms with Gasteiger partial charge in [-0.1, -0.05) is 13.8 Å². The lowest BCUT2D eigenvalue weighted by atomic mass is 10.0. The molecular weight excluding hydrogens is 278 g/mol. The fourth-order valence-corrected chi connectivity index (χ4v) is 3.44. The van der Waals surface area contributed by atoms with Crippen LogP contribution in [0.15, 0.2) is 0 Å². The van der Waals surface area contributed by atoms with E-state index in [0.717, 1.165) is 45.5 Å². The fourth-order valence-electron chi connectivity index (χ4n) is 3.44. The maximum atomic E-state index is 12.3. The molecule has 0 bridgehead atoms. The van der Waals surface area contributed by atoms with Gasteiger partial charge in [0.25, 0.3) is 0 Å². The van der Waals surface area contributed by atoms with E-state index in [0.29, 0.717) is 12.0 Å². The SMILES string of the molecule is CC(C)C[C@H](N)C(=O)N1CCC(OCCN2CCCC2)CC1. The second-order valence-electron chi connectivity index (χ2n) is 7.18. The highest BCUT2D eigenvalue weighted by molar-refractivity contribution is 5.81. The van der Waals surface area contributed by atoms with Gasteiger partial charge in [0, 0.05) is 19.6 Å². The number of carbonyl (C=O) groups excluding carboxylic acids is 1. The summed E-state index contributed by atoms with van der Waals surface area (Å²) in [5.41, 5.74) is 6.01. The van der Waals surface area contributed by atoms with Crippen LogP contribution in [0.5, 0.6) is 0 Å². The van der Waals surface area contributed by atoms with Crippen LogP contribution in [-0.4, -0.2) is 67.2 Å². The topological polar surface area (TPSA) is 58.8 Å². The number of amides is 1. The first kappa shape index (κ1) is 17.7. The summed E-state index contributed by atoms with van der Waals surface area (Å²) >= 11 is 0. The van der Waals surface area contributed by atoms with Crippen molar-refractivity contribution in [2.24, 2.45) is 11.7 Å². The van der Waals surface area contributed by atoms with Gasteiger partial charge < -0.3 is 20.3 Å². The van der Waals surface area contributed by atoms with Crippen LogP contribution in [0.1, 0.15) is 46.0 Å². The van der Waals surface area contributed by atoms with Gasteiger partial charge >= 0.3 is 0 Å². The maximum Gasteiger partial charge on any atom is 0.239 e. The molecule has 0 radical (unpaired) electrons. The number of carbonyl (C=O) groups is 1. The molecule has 2 rings (SSSR count). The summed E-state index contributed by atoms with van der Waals surface area (Å²) in [6, 6.07) is -0.340. The largest absolute Gasteiger partial charge is 0.377 e. The summed E-state index contributed by atoms with van der Waals surface area (Å²) in [6.45, 7) is 10.1. The Hall–Kier alpha value is -0.650. The molecule has 2 N–H and O–H groups in total. The molecule has 5 heteroatoms. The van der Waals surface area contributed by atoms with Crippen LogP contribution in [0.4, 0.5) is 0 Å². The number of ether oxygens (including phenoxy) is 1.